The van der Waals surface area contributed by atoms with Gasteiger partial charge in [0.15, 0.2) is 5.82 Å². The average Bonchev–Trinajstić information content (AvgIpc) is 2.69. The molecule has 0 saturated carbocycles. The Morgan fingerprint density at radius 2 is 1.88 bits per heavy atom. The number of hydrogen-bond donors (Lipinski definition) is 1. The maximum atomic E-state index is 12.4. The number of aryl methyl sites for hydroxylation is 2. The topological polar surface area (TPSA) is 67.2 Å². The lowest BCUT2D eigenvalue weighted by molar-refractivity contribution is 0.0931. The highest BCUT2D eigenvalue weighted by Gasteiger charge is 2.23. The minimum atomic E-state index is -0.0477. The Balaban J connectivity index is 1.58. The van der Waals surface area contributed by atoms with E-state index in [1.54, 1.807) is 17.0 Å². The number of nitrogens with one attached hydrogen (secondary N) is 1. The van der Waals surface area contributed by atoms with E-state index in [1.165, 1.54) is 5.56 Å². The Kier molecular flexibility index (Phi) is 5.71. The molecule has 138 valence electrons. The molecule has 1 aromatic heterocycles. The molecule has 1 fully saturated rings. The van der Waals surface area contributed by atoms with Crippen LogP contribution < -0.4 is 15.8 Å². The van der Waals surface area contributed by atoms with E-state index < -0.39 is 0 Å². The molecule has 2 heterocycles. The predicted molar refractivity (Wildman–Crippen MR) is 103 cm³/mol. The summed E-state index contributed by atoms with van der Waals surface area (Å²) in [6.07, 6.45) is 5.96. The van der Waals surface area contributed by atoms with E-state index in [0.29, 0.717) is 17.9 Å². The van der Waals surface area contributed by atoms with E-state index in [-0.39, 0.29) is 17.5 Å². The molecule has 1 aliphatic heterocycles. The van der Waals surface area contributed by atoms with Gasteiger partial charge in [-0.25, -0.2) is 4.98 Å². The van der Waals surface area contributed by atoms with Crippen LogP contribution in [0.4, 0.5) is 5.82 Å². The molecule has 6 nitrogen and oxygen atoms in total. The highest BCUT2D eigenvalue weighted by Crippen LogP contribution is 2.15. The van der Waals surface area contributed by atoms with Gasteiger partial charge in [0.05, 0.1) is 0 Å². The van der Waals surface area contributed by atoms with E-state index in [2.05, 4.69) is 17.2 Å². The predicted octanol–water partition coefficient (Wildman–Crippen LogP) is 2.22. The van der Waals surface area contributed by atoms with E-state index in [0.717, 1.165) is 32.4 Å². The SMILES string of the molecule is CCc1ccc(C(=O)NC2CCN(c3nccn(CC)c3=O)CC2)cc1. The zero-order valence-corrected chi connectivity index (χ0v) is 15.4. The van der Waals surface area contributed by atoms with Gasteiger partial charge in [0, 0.05) is 43.6 Å². The van der Waals surface area contributed by atoms with Crippen LogP contribution in [0.1, 0.15) is 42.6 Å². The van der Waals surface area contributed by atoms with Crippen molar-refractivity contribution in [2.75, 3.05) is 18.0 Å². The number of nitrogens with zero attached hydrogens (tertiary/aromatic N) is 3. The number of piperidine rings is 1. The second-order valence-electron chi connectivity index (χ2n) is 6.63. The molecule has 1 aromatic carbocycles. The molecular formula is C20H26N4O2. The summed E-state index contributed by atoms with van der Waals surface area (Å²) in [6.45, 7) is 6.11. The summed E-state index contributed by atoms with van der Waals surface area (Å²) < 4.78 is 1.66. The van der Waals surface area contributed by atoms with E-state index in [4.69, 9.17) is 0 Å². The summed E-state index contributed by atoms with van der Waals surface area (Å²) in [7, 11) is 0. The number of amides is 1. The van der Waals surface area contributed by atoms with Crippen molar-refractivity contribution in [2.45, 2.75) is 45.7 Å². The monoisotopic (exact) mass is 354 g/mol. The van der Waals surface area contributed by atoms with Crippen molar-refractivity contribution in [3.8, 4) is 0 Å². The third-order valence-electron chi connectivity index (χ3n) is 4.99. The van der Waals surface area contributed by atoms with Crippen LogP contribution in [0.5, 0.6) is 0 Å². The van der Waals surface area contributed by atoms with Gasteiger partial charge in [-0.3, -0.25) is 9.59 Å². The van der Waals surface area contributed by atoms with Crippen molar-refractivity contribution < 1.29 is 4.79 Å². The Labute approximate surface area is 153 Å². The molecule has 0 aliphatic carbocycles. The van der Waals surface area contributed by atoms with E-state index in [1.807, 2.05) is 36.1 Å². The molecule has 0 bridgehead atoms. The summed E-state index contributed by atoms with van der Waals surface area (Å²) in [6, 6.07) is 7.88. The first-order valence-electron chi connectivity index (χ1n) is 9.32. The zero-order valence-electron chi connectivity index (χ0n) is 15.4. The lowest BCUT2D eigenvalue weighted by Crippen LogP contribution is -2.46. The van der Waals surface area contributed by atoms with Gasteiger partial charge in [0.2, 0.25) is 0 Å². The van der Waals surface area contributed by atoms with Gasteiger partial charge in [0.1, 0.15) is 0 Å². The van der Waals surface area contributed by atoms with Crippen LogP contribution in [0.25, 0.3) is 0 Å². The second kappa shape index (κ2) is 8.17. The fraction of sp³-hybridized carbons (Fsp3) is 0.450. The van der Waals surface area contributed by atoms with Crippen molar-refractivity contribution >= 4 is 11.7 Å². The molecule has 1 aliphatic rings. The molecule has 3 rings (SSSR count). The molecule has 1 N–H and O–H groups in total. The van der Waals surface area contributed by atoms with Gasteiger partial charge in [0.25, 0.3) is 11.5 Å². The number of anilines is 1. The van der Waals surface area contributed by atoms with Crippen LogP contribution in [-0.4, -0.2) is 34.6 Å². The van der Waals surface area contributed by atoms with Gasteiger partial charge in [-0.2, -0.15) is 0 Å². The van der Waals surface area contributed by atoms with Crippen molar-refractivity contribution in [1.29, 1.82) is 0 Å². The van der Waals surface area contributed by atoms with Gasteiger partial charge < -0.3 is 14.8 Å². The van der Waals surface area contributed by atoms with Crippen LogP contribution in [-0.2, 0) is 13.0 Å². The fourth-order valence-corrected chi connectivity index (χ4v) is 3.30. The quantitative estimate of drug-likeness (QED) is 0.894. The Morgan fingerprint density at radius 3 is 2.50 bits per heavy atom. The van der Waals surface area contributed by atoms with E-state index >= 15 is 0 Å². The highest BCUT2D eigenvalue weighted by molar-refractivity contribution is 5.94. The standard InChI is InChI=1S/C20H26N4O2/c1-3-15-5-7-16(8-6-15)19(25)22-17-9-12-24(13-10-17)18-20(26)23(4-2)14-11-21-18/h5-8,11,14,17H,3-4,9-10,12-13H2,1-2H3,(H,22,25). The summed E-state index contributed by atoms with van der Waals surface area (Å²) in [5.41, 5.74) is 1.87. The van der Waals surface area contributed by atoms with Gasteiger partial charge in [-0.05, 0) is 43.9 Å². The summed E-state index contributed by atoms with van der Waals surface area (Å²) in [4.78, 5) is 31.1. The molecule has 0 atom stereocenters. The molecule has 1 amide bonds. The van der Waals surface area contributed by atoms with Crippen LogP contribution in [0.15, 0.2) is 41.5 Å². The van der Waals surface area contributed by atoms with Gasteiger partial charge in [-0.1, -0.05) is 19.1 Å². The number of hydrogen-bond acceptors (Lipinski definition) is 4. The maximum absolute atomic E-state index is 12.4. The van der Waals surface area contributed by atoms with Crippen LogP contribution >= 0.6 is 0 Å². The third kappa shape index (κ3) is 3.95. The van der Waals surface area contributed by atoms with Crippen LogP contribution in [0, 0.1) is 0 Å². The summed E-state index contributed by atoms with van der Waals surface area (Å²) >= 11 is 0. The number of carbonyl (C=O) groups is 1. The fourth-order valence-electron chi connectivity index (χ4n) is 3.30. The third-order valence-corrected chi connectivity index (χ3v) is 4.99. The van der Waals surface area contributed by atoms with Crippen molar-refractivity contribution in [3.05, 3.63) is 58.1 Å². The lowest BCUT2D eigenvalue weighted by Gasteiger charge is -2.32. The Bertz CT molecular complexity index is 805. The molecule has 2 aromatic rings. The van der Waals surface area contributed by atoms with Crippen molar-refractivity contribution in [2.24, 2.45) is 0 Å². The van der Waals surface area contributed by atoms with Gasteiger partial charge >= 0.3 is 0 Å². The smallest absolute Gasteiger partial charge is 0.293 e. The van der Waals surface area contributed by atoms with Crippen LogP contribution in [0.3, 0.4) is 0 Å². The van der Waals surface area contributed by atoms with E-state index in [9.17, 15) is 9.59 Å². The number of aromatic nitrogens is 2. The number of rotatable bonds is 5. The first-order chi connectivity index (χ1) is 12.6. The highest BCUT2D eigenvalue weighted by atomic mass is 16.1. The normalized spacial score (nSPS) is 15.1. The Morgan fingerprint density at radius 1 is 1.19 bits per heavy atom. The minimum absolute atomic E-state index is 0.0303. The molecule has 0 spiro atoms. The lowest BCUT2D eigenvalue weighted by atomic mass is 10.0. The Hall–Kier alpha value is -2.63. The summed E-state index contributed by atoms with van der Waals surface area (Å²) in [5.74, 6) is 0.478. The second-order valence-corrected chi connectivity index (χ2v) is 6.63. The molecular weight excluding hydrogens is 328 g/mol. The molecule has 0 radical (unpaired) electrons. The average molecular weight is 354 g/mol. The van der Waals surface area contributed by atoms with Crippen molar-refractivity contribution in [1.82, 2.24) is 14.9 Å². The minimum Gasteiger partial charge on any atom is -0.352 e. The van der Waals surface area contributed by atoms with Crippen molar-refractivity contribution in [3.63, 3.8) is 0 Å². The van der Waals surface area contributed by atoms with Crippen LogP contribution in [0.2, 0.25) is 0 Å². The largest absolute Gasteiger partial charge is 0.352 e. The zero-order chi connectivity index (χ0) is 18.5. The maximum Gasteiger partial charge on any atom is 0.293 e. The van der Waals surface area contributed by atoms with Gasteiger partial charge in [-0.15, -0.1) is 0 Å². The first-order valence-corrected chi connectivity index (χ1v) is 9.32. The molecule has 1 saturated heterocycles. The summed E-state index contributed by atoms with van der Waals surface area (Å²) in [5, 5.41) is 3.11. The molecule has 0 unspecified atom stereocenters. The number of benzene rings is 1. The molecule has 26 heavy (non-hydrogen) atoms. The first kappa shape index (κ1) is 18.2. The number of carbonyl (C=O) groups excluding carboxylic acids is 1. The molecule has 6 heteroatoms.